The minimum atomic E-state index is 0. The first-order valence-corrected chi connectivity index (χ1v) is 13.8. The topological polar surface area (TPSA) is 51.8 Å². The first-order chi connectivity index (χ1) is 19.9. The van der Waals surface area contributed by atoms with Crippen LogP contribution in [-0.4, -0.2) is 15.0 Å². The predicted octanol–water partition coefficient (Wildman–Crippen LogP) is 9.44. The molecule has 3 aromatic carbocycles. The molecule has 0 saturated heterocycles. The average molecular weight is 726 g/mol. The largest absolute Gasteiger partial charge is 0.498 e. The molecule has 7 aromatic rings. The zero-order chi connectivity index (χ0) is 28.4. The summed E-state index contributed by atoms with van der Waals surface area (Å²) in [5, 5.41) is 3.23. The molecule has 5 heteroatoms. The molecule has 0 amide bonds. The van der Waals surface area contributed by atoms with Crippen LogP contribution in [0.15, 0.2) is 108 Å². The summed E-state index contributed by atoms with van der Waals surface area (Å²) in [4.78, 5) is 13.6. The fourth-order valence-corrected chi connectivity index (χ4v) is 5.08. The normalized spacial score (nSPS) is 11.2. The number of rotatable bonds is 3. The Morgan fingerprint density at radius 1 is 0.738 bits per heavy atom. The molecule has 0 atom stereocenters. The number of aryl methyl sites for hydroxylation is 1. The Balaban J connectivity index is 0.000000228. The number of furan rings is 1. The number of hydrogen-bond donors (Lipinski definition) is 0. The monoisotopic (exact) mass is 726 g/mol. The van der Waals surface area contributed by atoms with Gasteiger partial charge in [-0.25, -0.2) is 4.98 Å². The summed E-state index contributed by atoms with van der Waals surface area (Å²) in [5.74, 6) is 0. The van der Waals surface area contributed by atoms with Crippen LogP contribution in [0, 0.1) is 24.5 Å². The summed E-state index contributed by atoms with van der Waals surface area (Å²) in [6.07, 6.45) is 4.66. The van der Waals surface area contributed by atoms with Gasteiger partial charge in [0.1, 0.15) is 11.1 Å². The molecule has 42 heavy (non-hydrogen) atoms. The Bertz CT molecular complexity index is 1920. The van der Waals surface area contributed by atoms with Gasteiger partial charge < -0.3 is 14.4 Å². The molecule has 0 N–H and O–H groups in total. The van der Waals surface area contributed by atoms with E-state index in [1.165, 1.54) is 5.56 Å². The van der Waals surface area contributed by atoms with Gasteiger partial charge >= 0.3 is 0 Å². The van der Waals surface area contributed by atoms with Crippen LogP contribution in [-0.2, 0) is 26.5 Å². The molecule has 0 saturated carbocycles. The molecule has 4 nitrogen and oxygen atoms in total. The fraction of sp³-hybridized carbons (Fsp3) is 0.162. The third-order valence-electron chi connectivity index (χ3n) is 6.86. The van der Waals surface area contributed by atoms with Gasteiger partial charge in [-0.15, -0.1) is 54.1 Å². The van der Waals surface area contributed by atoms with Crippen molar-refractivity contribution in [1.29, 1.82) is 0 Å². The molecule has 0 spiro atoms. The quantitative estimate of drug-likeness (QED) is 0.171. The molecule has 4 heterocycles. The number of fused-ring (bicyclic) bond motifs is 5. The molecular formula is C37H31IrN3O-2. The summed E-state index contributed by atoms with van der Waals surface area (Å²) in [5.41, 5.74) is 8.82. The van der Waals surface area contributed by atoms with Gasteiger partial charge in [0.2, 0.25) is 0 Å². The molecule has 1 radical (unpaired) electrons. The van der Waals surface area contributed by atoms with E-state index in [1.807, 2.05) is 67.7 Å². The van der Waals surface area contributed by atoms with Crippen LogP contribution in [0.3, 0.4) is 0 Å². The van der Waals surface area contributed by atoms with E-state index in [0.717, 1.165) is 67.5 Å². The summed E-state index contributed by atoms with van der Waals surface area (Å²) in [6.45, 7) is 8.75. The molecule has 7 rings (SSSR count). The first-order valence-electron chi connectivity index (χ1n) is 13.8. The summed E-state index contributed by atoms with van der Waals surface area (Å²) in [6, 6.07) is 36.8. The number of nitrogens with zero attached hydrogens (tertiary/aromatic N) is 3. The number of aromatic nitrogens is 3. The molecule has 211 valence electrons. The molecule has 0 bridgehead atoms. The van der Waals surface area contributed by atoms with E-state index in [2.05, 4.69) is 79.3 Å². The Labute approximate surface area is 260 Å². The average Bonchev–Trinajstić information content (AvgIpc) is 3.37. The smallest absolute Gasteiger partial charge is 0.147 e. The second-order valence-corrected chi connectivity index (χ2v) is 11.4. The minimum Gasteiger partial charge on any atom is -0.498 e. The van der Waals surface area contributed by atoms with E-state index >= 15 is 0 Å². The molecule has 0 aliphatic carbocycles. The maximum absolute atomic E-state index is 6.41. The Morgan fingerprint density at radius 2 is 1.52 bits per heavy atom. The third kappa shape index (κ3) is 6.33. The van der Waals surface area contributed by atoms with Crippen molar-refractivity contribution in [3.05, 3.63) is 127 Å². The van der Waals surface area contributed by atoms with E-state index < -0.39 is 0 Å². The van der Waals surface area contributed by atoms with Gasteiger partial charge in [-0.1, -0.05) is 73.7 Å². The first kappa shape index (κ1) is 29.3. The van der Waals surface area contributed by atoms with Crippen LogP contribution in [0.1, 0.15) is 32.0 Å². The maximum Gasteiger partial charge on any atom is 0.147 e. The summed E-state index contributed by atoms with van der Waals surface area (Å²) in [7, 11) is 0. The van der Waals surface area contributed by atoms with Crippen LogP contribution in [0.2, 0.25) is 0 Å². The van der Waals surface area contributed by atoms with E-state index in [-0.39, 0.29) is 25.5 Å². The van der Waals surface area contributed by atoms with Crippen LogP contribution in [0.4, 0.5) is 0 Å². The van der Waals surface area contributed by atoms with E-state index in [4.69, 9.17) is 9.40 Å². The fourth-order valence-electron chi connectivity index (χ4n) is 5.08. The molecular weight excluding hydrogens is 695 g/mol. The van der Waals surface area contributed by atoms with Crippen molar-refractivity contribution in [2.45, 2.75) is 34.1 Å². The van der Waals surface area contributed by atoms with Gasteiger partial charge in [-0.2, -0.15) is 0 Å². The van der Waals surface area contributed by atoms with Crippen LogP contribution < -0.4 is 0 Å². The minimum absolute atomic E-state index is 0. The molecule has 0 fully saturated rings. The SMILES string of the molecule is Cc1ccc2ccc3c4cc[c-]c(-c5cc(CC(C)(C)C)ccn5)c4oc3c2n1.[Ir].[c-]1ccccc1-c1ccccn1. The van der Waals surface area contributed by atoms with Crippen LogP contribution in [0.5, 0.6) is 0 Å². The Morgan fingerprint density at radius 3 is 2.29 bits per heavy atom. The van der Waals surface area contributed by atoms with Crippen LogP contribution >= 0.6 is 0 Å². The zero-order valence-corrected chi connectivity index (χ0v) is 26.5. The Hall–Kier alpha value is -4.18. The molecule has 0 aliphatic rings. The summed E-state index contributed by atoms with van der Waals surface area (Å²) < 4.78 is 6.41. The standard InChI is InChI=1S/C26H23N2O.C11H8N.Ir/c1-16-8-9-18-10-11-20-19-6-5-7-21(24(19)29-25(20)23(18)28-16)22-14-17(12-13-27-22)15-26(2,3)4;1-2-6-10(7-3-1)11-8-4-5-9-12-11;/h5-6,8-14H,15H2,1-4H3;1-6,8-9H;/q2*-1;. The second-order valence-electron chi connectivity index (χ2n) is 11.4. The maximum atomic E-state index is 6.41. The predicted molar refractivity (Wildman–Crippen MR) is 167 cm³/mol. The van der Waals surface area contributed by atoms with E-state index in [9.17, 15) is 0 Å². The van der Waals surface area contributed by atoms with Gasteiger partial charge in [0.25, 0.3) is 0 Å². The van der Waals surface area contributed by atoms with Gasteiger partial charge in [0, 0.05) is 49.0 Å². The zero-order valence-electron chi connectivity index (χ0n) is 24.1. The second kappa shape index (κ2) is 12.4. The van der Waals surface area contributed by atoms with E-state index in [0.29, 0.717) is 0 Å². The van der Waals surface area contributed by atoms with Gasteiger partial charge in [0.15, 0.2) is 0 Å². The molecule has 0 aliphatic heterocycles. The molecule has 0 unspecified atom stereocenters. The van der Waals surface area contributed by atoms with Crippen molar-refractivity contribution in [2.75, 3.05) is 0 Å². The third-order valence-corrected chi connectivity index (χ3v) is 6.86. The van der Waals surface area contributed by atoms with Crippen molar-refractivity contribution >= 4 is 32.8 Å². The van der Waals surface area contributed by atoms with E-state index in [1.54, 1.807) is 6.20 Å². The van der Waals surface area contributed by atoms with Gasteiger partial charge in [0.05, 0.1) is 5.58 Å². The van der Waals surface area contributed by atoms with Gasteiger partial charge in [-0.3, -0.25) is 0 Å². The Kier molecular flexibility index (Phi) is 8.63. The number of hydrogen-bond acceptors (Lipinski definition) is 4. The number of pyridine rings is 3. The van der Waals surface area contributed by atoms with Crippen molar-refractivity contribution in [1.82, 2.24) is 15.0 Å². The van der Waals surface area contributed by atoms with Crippen molar-refractivity contribution < 1.29 is 24.5 Å². The molecule has 4 aromatic heterocycles. The van der Waals surface area contributed by atoms with Crippen molar-refractivity contribution in [3.63, 3.8) is 0 Å². The number of benzene rings is 3. The van der Waals surface area contributed by atoms with Crippen molar-refractivity contribution in [3.8, 4) is 22.5 Å². The van der Waals surface area contributed by atoms with Crippen LogP contribution in [0.25, 0.3) is 55.4 Å². The summed E-state index contributed by atoms with van der Waals surface area (Å²) >= 11 is 0. The van der Waals surface area contributed by atoms with Gasteiger partial charge in [-0.05, 0) is 48.3 Å². The van der Waals surface area contributed by atoms with Crippen molar-refractivity contribution in [2.24, 2.45) is 5.41 Å².